The van der Waals surface area contributed by atoms with Crippen molar-refractivity contribution in [1.82, 2.24) is 9.78 Å². The molecule has 0 saturated heterocycles. The number of ether oxygens (including phenoxy) is 1. The van der Waals surface area contributed by atoms with Crippen LogP contribution in [0.25, 0.3) is 11.1 Å². The van der Waals surface area contributed by atoms with Gasteiger partial charge in [-0.05, 0) is 17.7 Å². The summed E-state index contributed by atoms with van der Waals surface area (Å²) in [6.07, 6.45) is -2.51. The molecule has 2 rings (SSSR count). The Balaban J connectivity index is 2.29. The van der Waals surface area contributed by atoms with Gasteiger partial charge in [0.15, 0.2) is 6.29 Å². The molecule has 1 heterocycles. The molecule has 0 saturated carbocycles. The van der Waals surface area contributed by atoms with Crippen LogP contribution in [0.3, 0.4) is 0 Å². The van der Waals surface area contributed by atoms with Crippen LogP contribution < -0.4 is 4.74 Å². The van der Waals surface area contributed by atoms with Crippen molar-refractivity contribution in [3.05, 3.63) is 36.2 Å². The van der Waals surface area contributed by atoms with Gasteiger partial charge in [-0.2, -0.15) is 5.10 Å². The van der Waals surface area contributed by atoms with E-state index in [0.29, 0.717) is 17.4 Å². The molecule has 0 fully saturated rings. The smallest absolute Gasteiger partial charge is 0.406 e. The van der Waals surface area contributed by atoms with E-state index in [2.05, 4.69) is 9.84 Å². The van der Waals surface area contributed by atoms with Crippen molar-refractivity contribution in [2.24, 2.45) is 7.05 Å². The number of aldehydes is 1. The van der Waals surface area contributed by atoms with Gasteiger partial charge >= 0.3 is 6.36 Å². The third-order valence-electron chi connectivity index (χ3n) is 2.37. The molecule has 0 spiro atoms. The third-order valence-corrected chi connectivity index (χ3v) is 2.37. The molecule has 0 aliphatic rings. The van der Waals surface area contributed by atoms with E-state index in [-0.39, 0.29) is 11.4 Å². The minimum absolute atomic E-state index is 0.229. The standard InChI is InChI=1S/C12H9F3N2O2/c1-17-6-10(11(7-18)16-17)8-2-4-9(5-3-8)19-12(13,14)15/h2-7H,1H3. The lowest BCUT2D eigenvalue weighted by molar-refractivity contribution is -0.274. The van der Waals surface area contributed by atoms with Gasteiger partial charge in [-0.25, -0.2) is 0 Å². The summed E-state index contributed by atoms with van der Waals surface area (Å²) in [5.41, 5.74) is 1.37. The summed E-state index contributed by atoms with van der Waals surface area (Å²) in [6.45, 7) is 0. The lowest BCUT2D eigenvalue weighted by atomic mass is 10.1. The number of benzene rings is 1. The minimum atomic E-state index is -4.72. The molecule has 2 aromatic rings. The second kappa shape index (κ2) is 4.75. The Morgan fingerprint density at radius 1 is 1.26 bits per heavy atom. The van der Waals surface area contributed by atoms with Gasteiger partial charge in [0.05, 0.1) is 0 Å². The first kappa shape index (κ1) is 13.1. The maximum atomic E-state index is 12.0. The zero-order valence-corrected chi connectivity index (χ0v) is 9.81. The molecule has 0 N–H and O–H groups in total. The fraction of sp³-hybridized carbons (Fsp3) is 0.167. The van der Waals surface area contributed by atoms with Crippen molar-refractivity contribution < 1.29 is 22.7 Å². The Morgan fingerprint density at radius 3 is 2.42 bits per heavy atom. The highest BCUT2D eigenvalue weighted by molar-refractivity contribution is 5.85. The monoisotopic (exact) mass is 270 g/mol. The zero-order valence-electron chi connectivity index (χ0n) is 9.81. The molecule has 0 aliphatic heterocycles. The highest BCUT2D eigenvalue weighted by Gasteiger charge is 2.31. The van der Waals surface area contributed by atoms with E-state index in [1.54, 1.807) is 13.2 Å². The largest absolute Gasteiger partial charge is 0.573 e. The van der Waals surface area contributed by atoms with E-state index in [1.807, 2.05) is 0 Å². The predicted molar refractivity (Wildman–Crippen MR) is 60.7 cm³/mol. The maximum absolute atomic E-state index is 12.0. The Kier molecular flexibility index (Phi) is 3.28. The first-order valence-electron chi connectivity index (χ1n) is 5.24. The molecule has 19 heavy (non-hydrogen) atoms. The van der Waals surface area contributed by atoms with Gasteiger partial charge in [-0.15, -0.1) is 13.2 Å². The molecule has 0 radical (unpaired) electrons. The maximum Gasteiger partial charge on any atom is 0.573 e. The van der Waals surface area contributed by atoms with Gasteiger partial charge in [0.2, 0.25) is 0 Å². The van der Waals surface area contributed by atoms with E-state index >= 15 is 0 Å². The lowest BCUT2D eigenvalue weighted by Crippen LogP contribution is -2.16. The molecule has 0 bridgehead atoms. The van der Waals surface area contributed by atoms with Crippen LogP contribution in [0.1, 0.15) is 10.5 Å². The zero-order chi connectivity index (χ0) is 14.0. The van der Waals surface area contributed by atoms with Crippen molar-refractivity contribution >= 4 is 6.29 Å². The van der Waals surface area contributed by atoms with Gasteiger partial charge in [-0.1, -0.05) is 12.1 Å². The van der Waals surface area contributed by atoms with Gasteiger partial charge in [-0.3, -0.25) is 9.48 Å². The fourth-order valence-electron chi connectivity index (χ4n) is 1.65. The second-order valence-electron chi connectivity index (χ2n) is 3.79. The topological polar surface area (TPSA) is 44.1 Å². The highest BCUT2D eigenvalue weighted by Crippen LogP contribution is 2.27. The van der Waals surface area contributed by atoms with Crippen LogP contribution in [0, 0.1) is 0 Å². The number of hydrogen-bond donors (Lipinski definition) is 0. The van der Waals surface area contributed by atoms with Crippen LogP contribution >= 0.6 is 0 Å². The van der Waals surface area contributed by atoms with Crippen LogP contribution in [-0.4, -0.2) is 22.4 Å². The molecule has 0 unspecified atom stereocenters. The van der Waals surface area contributed by atoms with Crippen LogP contribution in [0.5, 0.6) is 5.75 Å². The normalized spacial score (nSPS) is 11.4. The minimum Gasteiger partial charge on any atom is -0.406 e. The van der Waals surface area contributed by atoms with Crippen LogP contribution in [-0.2, 0) is 7.05 Å². The number of aryl methyl sites for hydroxylation is 1. The van der Waals surface area contributed by atoms with Gasteiger partial charge < -0.3 is 4.74 Å². The lowest BCUT2D eigenvalue weighted by Gasteiger charge is -2.08. The predicted octanol–water partition coefficient (Wildman–Crippen LogP) is 2.80. The Labute approximate surface area is 106 Å². The molecule has 4 nitrogen and oxygen atoms in total. The fourth-order valence-corrected chi connectivity index (χ4v) is 1.65. The number of carbonyl (C=O) groups excluding carboxylic acids is 1. The first-order chi connectivity index (χ1) is 8.89. The van der Waals surface area contributed by atoms with Crippen molar-refractivity contribution in [2.75, 3.05) is 0 Å². The van der Waals surface area contributed by atoms with Crippen LogP contribution in [0.15, 0.2) is 30.5 Å². The molecule has 0 atom stereocenters. The van der Waals surface area contributed by atoms with Crippen molar-refractivity contribution in [3.8, 4) is 16.9 Å². The second-order valence-corrected chi connectivity index (χ2v) is 3.79. The molecule has 0 aliphatic carbocycles. The Bertz CT molecular complexity index is 588. The summed E-state index contributed by atoms with van der Waals surface area (Å²) in [5, 5.41) is 3.92. The Hall–Kier alpha value is -2.31. The summed E-state index contributed by atoms with van der Waals surface area (Å²) >= 11 is 0. The van der Waals surface area contributed by atoms with Gasteiger partial charge in [0.1, 0.15) is 11.4 Å². The van der Waals surface area contributed by atoms with Crippen molar-refractivity contribution in [1.29, 1.82) is 0 Å². The van der Waals surface area contributed by atoms with Crippen molar-refractivity contribution in [2.45, 2.75) is 6.36 Å². The number of nitrogens with zero attached hydrogens (tertiary/aromatic N) is 2. The van der Waals surface area contributed by atoms with E-state index in [0.717, 1.165) is 0 Å². The summed E-state index contributed by atoms with van der Waals surface area (Å²) in [6, 6.07) is 5.24. The molecule has 0 amide bonds. The average molecular weight is 270 g/mol. The van der Waals surface area contributed by atoms with E-state index < -0.39 is 6.36 Å². The van der Waals surface area contributed by atoms with Crippen LogP contribution in [0.2, 0.25) is 0 Å². The quantitative estimate of drug-likeness (QED) is 0.805. The molecule has 1 aromatic heterocycles. The van der Waals surface area contributed by atoms with Crippen LogP contribution in [0.4, 0.5) is 13.2 Å². The van der Waals surface area contributed by atoms with E-state index in [4.69, 9.17) is 0 Å². The number of rotatable bonds is 3. The number of carbonyl (C=O) groups is 1. The summed E-state index contributed by atoms with van der Waals surface area (Å²) < 4.78 is 41.2. The third kappa shape index (κ3) is 3.12. The highest BCUT2D eigenvalue weighted by atomic mass is 19.4. The molecule has 7 heteroatoms. The molecule has 1 aromatic carbocycles. The molecular formula is C12H9F3N2O2. The average Bonchev–Trinajstić information content (AvgIpc) is 2.69. The van der Waals surface area contributed by atoms with Crippen molar-refractivity contribution in [3.63, 3.8) is 0 Å². The van der Waals surface area contributed by atoms with E-state index in [9.17, 15) is 18.0 Å². The first-order valence-corrected chi connectivity index (χ1v) is 5.24. The van der Waals surface area contributed by atoms with Gasteiger partial charge in [0.25, 0.3) is 0 Å². The van der Waals surface area contributed by atoms with E-state index in [1.165, 1.54) is 28.9 Å². The number of hydrogen-bond acceptors (Lipinski definition) is 3. The molecule has 100 valence electrons. The van der Waals surface area contributed by atoms with Gasteiger partial charge in [0, 0.05) is 18.8 Å². The number of halogens is 3. The summed E-state index contributed by atoms with van der Waals surface area (Å²) in [7, 11) is 1.65. The molecular weight excluding hydrogens is 261 g/mol. The number of aromatic nitrogens is 2. The SMILES string of the molecule is Cn1cc(-c2ccc(OC(F)(F)F)cc2)c(C=O)n1. The summed E-state index contributed by atoms with van der Waals surface area (Å²) in [4.78, 5) is 10.8. The Morgan fingerprint density at radius 2 is 1.89 bits per heavy atom. The number of alkyl halides is 3. The summed E-state index contributed by atoms with van der Waals surface area (Å²) in [5.74, 6) is -0.312.